The van der Waals surface area contributed by atoms with E-state index >= 15 is 0 Å². The van der Waals surface area contributed by atoms with Gasteiger partial charge in [-0.05, 0) is 51.5 Å². The highest BCUT2D eigenvalue weighted by Gasteiger charge is 2.21. The number of non-ortho nitro benzene ring substituents is 1. The van der Waals surface area contributed by atoms with Crippen LogP contribution in [0.3, 0.4) is 0 Å². The Hall–Kier alpha value is -3.42. The molecule has 2 rings (SSSR count). The number of carbonyl (C=O) groups is 2. The molecule has 0 saturated carbocycles. The summed E-state index contributed by atoms with van der Waals surface area (Å²) in [5.41, 5.74) is 0.794. The summed E-state index contributed by atoms with van der Waals surface area (Å²) >= 11 is 0. The van der Waals surface area contributed by atoms with Crippen molar-refractivity contribution in [2.75, 3.05) is 12.4 Å². The first-order chi connectivity index (χ1) is 13.5. The summed E-state index contributed by atoms with van der Waals surface area (Å²) in [4.78, 5) is 36.8. The average molecular weight is 399 g/mol. The van der Waals surface area contributed by atoms with Gasteiger partial charge in [0.25, 0.3) is 11.6 Å². The standard InChI is InChI=1S/C21H25N3O5/c1-14(15-8-7-11-18(13-15)24(27)28)23(5)19(25)16-9-6-10-17(12-16)22-20(26)29-21(2,3)4/h6-14H,1-5H3,(H,22,26)/t14-/m1/s1. The van der Waals surface area contributed by atoms with Crippen LogP contribution in [-0.4, -0.2) is 34.5 Å². The van der Waals surface area contributed by atoms with Crippen LogP contribution in [0, 0.1) is 10.1 Å². The minimum absolute atomic E-state index is 0.0289. The molecule has 0 heterocycles. The van der Waals surface area contributed by atoms with Crippen molar-refractivity contribution in [1.82, 2.24) is 4.90 Å². The topological polar surface area (TPSA) is 102 Å². The minimum atomic E-state index is -0.633. The maximum absolute atomic E-state index is 12.9. The number of carbonyl (C=O) groups excluding carboxylic acids is 2. The van der Waals surface area contributed by atoms with Crippen LogP contribution in [0.2, 0.25) is 0 Å². The molecular weight excluding hydrogens is 374 g/mol. The normalized spacial score (nSPS) is 12.0. The Morgan fingerprint density at radius 2 is 1.79 bits per heavy atom. The van der Waals surface area contributed by atoms with Gasteiger partial charge in [-0.3, -0.25) is 20.2 Å². The molecular formula is C21H25N3O5. The van der Waals surface area contributed by atoms with E-state index in [1.165, 1.54) is 17.0 Å². The van der Waals surface area contributed by atoms with Crippen LogP contribution in [0.1, 0.15) is 49.7 Å². The van der Waals surface area contributed by atoms with Gasteiger partial charge in [0, 0.05) is 30.4 Å². The van der Waals surface area contributed by atoms with Crippen LogP contribution in [0.4, 0.5) is 16.2 Å². The Morgan fingerprint density at radius 1 is 1.14 bits per heavy atom. The van der Waals surface area contributed by atoms with Gasteiger partial charge >= 0.3 is 6.09 Å². The van der Waals surface area contributed by atoms with Gasteiger partial charge in [-0.2, -0.15) is 0 Å². The quantitative estimate of drug-likeness (QED) is 0.576. The lowest BCUT2D eigenvalue weighted by Crippen LogP contribution is -2.30. The van der Waals surface area contributed by atoms with E-state index in [0.29, 0.717) is 16.8 Å². The molecule has 0 aliphatic carbocycles. The zero-order valence-corrected chi connectivity index (χ0v) is 17.1. The van der Waals surface area contributed by atoms with Gasteiger partial charge in [-0.15, -0.1) is 0 Å². The number of hydrogen-bond donors (Lipinski definition) is 1. The monoisotopic (exact) mass is 399 g/mol. The highest BCUT2D eigenvalue weighted by molar-refractivity contribution is 5.96. The molecule has 0 spiro atoms. The van der Waals surface area contributed by atoms with Gasteiger partial charge in [-0.25, -0.2) is 4.79 Å². The summed E-state index contributed by atoms with van der Waals surface area (Å²) in [5, 5.41) is 13.6. The molecule has 0 bridgehead atoms. The van der Waals surface area contributed by atoms with Crippen molar-refractivity contribution in [3.05, 3.63) is 69.8 Å². The molecule has 0 fully saturated rings. The predicted octanol–water partition coefficient (Wildman–Crippen LogP) is 4.78. The van der Waals surface area contributed by atoms with Crippen LogP contribution >= 0.6 is 0 Å². The Bertz CT molecular complexity index is 921. The van der Waals surface area contributed by atoms with E-state index in [1.54, 1.807) is 71.1 Å². The fraction of sp³-hybridized carbons (Fsp3) is 0.333. The highest BCUT2D eigenvalue weighted by atomic mass is 16.6. The molecule has 29 heavy (non-hydrogen) atoms. The number of ether oxygens (including phenoxy) is 1. The Morgan fingerprint density at radius 3 is 2.41 bits per heavy atom. The minimum Gasteiger partial charge on any atom is -0.444 e. The lowest BCUT2D eigenvalue weighted by atomic mass is 10.1. The molecule has 2 aromatic rings. The number of nitro groups is 1. The molecule has 0 radical (unpaired) electrons. The number of benzene rings is 2. The molecule has 1 N–H and O–H groups in total. The Balaban J connectivity index is 2.16. The number of nitrogens with one attached hydrogen (secondary N) is 1. The fourth-order valence-corrected chi connectivity index (χ4v) is 2.65. The van der Waals surface area contributed by atoms with E-state index in [0.717, 1.165) is 0 Å². The zero-order chi connectivity index (χ0) is 21.8. The summed E-state index contributed by atoms with van der Waals surface area (Å²) in [6.07, 6.45) is -0.611. The summed E-state index contributed by atoms with van der Waals surface area (Å²) in [5.74, 6) is -0.281. The van der Waals surface area contributed by atoms with E-state index in [2.05, 4.69) is 5.32 Å². The first-order valence-electron chi connectivity index (χ1n) is 9.09. The first kappa shape index (κ1) is 21.9. The van der Waals surface area contributed by atoms with Crippen molar-refractivity contribution in [2.45, 2.75) is 39.3 Å². The lowest BCUT2D eigenvalue weighted by molar-refractivity contribution is -0.384. The number of nitrogens with zero attached hydrogens (tertiary/aromatic N) is 2. The van der Waals surface area contributed by atoms with Crippen LogP contribution in [0.5, 0.6) is 0 Å². The maximum atomic E-state index is 12.9. The molecule has 2 aromatic carbocycles. The van der Waals surface area contributed by atoms with Gasteiger partial charge < -0.3 is 9.64 Å². The van der Waals surface area contributed by atoms with Crippen molar-refractivity contribution in [1.29, 1.82) is 0 Å². The molecule has 2 amide bonds. The van der Waals surface area contributed by atoms with Gasteiger partial charge in [0.05, 0.1) is 11.0 Å². The molecule has 1 atom stereocenters. The third-order valence-electron chi connectivity index (χ3n) is 4.22. The highest BCUT2D eigenvalue weighted by Crippen LogP contribution is 2.25. The summed E-state index contributed by atoms with van der Waals surface area (Å²) in [6.45, 7) is 7.07. The summed E-state index contributed by atoms with van der Waals surface area (Å²) < 4.78 is 5.22. The number of amides is 2. The fourth-order valence-electron chi connectivity index (χ4n) is 2.65. The third-order valence-corrected chi connectivity index (χ3v) is 4.22. The zero-order valence-electron chi connectivity index (χ0n) is 17.1. The second-order valence-corrected chi connectivity index (χ2v) is 7.65. The Labute approximate surface area is 169 Å². The SMILES string of the molecule is C[C@H](c1cccc([N+](=O)[O-])c1)N(C)C(=O)c1cccc(NC(=O)OC(C)(C)C)c1. The maximum Gasteiger partial charge on any atom is 0.412 e. The number of hydrogen-bond acceptors (Lipinski definition) is 5. The van der Waals surface area contributed by atoms with E-state index in [1.807, 2.05) is 0 Å². The largest absolute Gasteiger partial charge is 0.444 e. The second kappa shape index (κ2) is 8.72. The van der Waals surface area contributed by atoms with E-state index in [-0.39, 0.29) is 17.6 Å². The molecule has 0 aliphatic rings. The molecule has 0 aromatic heterocycles. The van der Waals surface area contributed by atoms with E-state index < -0.39 is 16.6 Å². The lowest BCUT2D eigenvalue weighted by Gasteiger charge is -2.25. The van der Waals surface area contributed by atoms with Gasteiger partial charge in [0.1, 0.15) is 5.60 Å². The van der Waals surface area contributed by atoms with Crippen LogP contribution in [-0.2, 0) is 4.74 Å². The summed E-state index contributed by atoms with van der Waals surface area (Å²) in [6, 6.07) is 12.3. The molecule has 0 saturated heterocycles. The molecule has 8 heteroatoms. The third kappa shape index (κ3) is 6.03. The van der Waals surface area contributed by atoms with Crippen LogP contribution in [0.25, 0.3) is 0 Å². The van der Waals surface area contributed by atoms with Crippen molar-refractivity contribution >= 4 is 23.4 Å². The van der Waals surface area contributed by atoms with Crippen molar-refractivity contribution in [3.8, 4) is 0 Å². The number of anilines is 1. The number of nitro benzene ring substituents is 1. The average Bonchev–Trinajstić information content (AvgIpc) is 2.65. The first-order valence-corrected chi connectivity index (χ1v) is 9.09. The van der Waals surface area contributed by atoms with Crippen LogP contribution < -0.4 is 5.32 Å². The van der Waals surface area contributed by atoms with Gasteiger partial charge in [-0.1, -0.05) is 18.2 Å². The molecule has 0 unspecified atom stereocenters. The molecule has 8 nitrogen and oxygen atoms in total. The molecule has 0 aliphatic heterocycles. The van der Waals surface area contributed by atoms with Crippen molar-refractivity contribution in [3.63, 3.8) is 0 Å². The Kier molecular flexibility index (Phi) is 6.58. The van der Waals surface area contributed by atoms with E-state index in [9.17, 15) is 19.7 Å². The van der Waals surface area contributed by atoms with Crippen LogP contribution in [0.15, 0.2) is 48.5 Å². The molecule has 154 valence electrons. The van der Waals surface area contributed by atoms with Crippen molar-refractivity contribution < 1.29 is 19.2 Å². The predicted molar refractivity (Wildman–Crippen MR) is 110 cm³/mol. The van der Waals surface area contributed by atoms with Gasteiger partial charge in [0.2, 0.25) is 0 Å². The smallest absolute Gasteiger partial charge is 0.412 e. The van der Waals surface area contributed by atoms with Crippen molar-refractivity contribution in [2.24, 2.45) is 0 Å². The van der Waals surface area contributed by atoms with Gasteiger partial charge in [0.15, 0.2) is 0 Å². The van der Waals surface area contributed by atoms with E-state index in [4.69, 9.17) is 4.74 Å². The summed E-state index contributed by atoms with van der Waals surface area (Å²) in [7, 11) is 1.62. The second-order valence-electron chi connectivity index (χ2n) is 7.65. The number of rotatable bonds is 5.